The molecule has 0 aliphatic heterocycles. The first-order valence-electron chi connectivity index (χ1n) is 4.59. The van der Waals surface area contributed by atoms with Gasteiger partial charge in [-0.2, -0.15) is 0 Å². The third-order valence-corrected chi connectivity index (χ3v) is 2.04. The second-order valence-electron chi connectivity index (χ2n) is 3.66. The highest BCUT2D eigenvalue weighted by Crippen LogP contribution is 2.19. The molecule has 0 saturated carbocycles. The van der Waals surface area contributed by atoms with Gasteiger partial charge in [0.05, 0.1) is 0 Å². The highest BCUT2D eigenvalue weighted by Gasteiger charge is 2.21. The maximum absolute atomic E-state index is 12.8. The molecule has 0 radical (unpaired) electrons. The van der Waals surface area contributed by atoms with Gasteiger partial charge >= 0.3 is 0 Å². The van der Waals surface area contributed by atoms with Gasteiger partial charge in [0.1, 0.15) is 17.7 Å². The van der Waals surface area contributed by atoms with Crippen LogP contribution in [0.25, 0.3) is 0 Å². The number of carbonyl (C=O) groups is 1. The Balaban J connectivity index is 3.00. The summed E-state index contributed by atoms with van der Waals surface area (Å²) in [6.45, 7) is 3.22. The van der Waals surface area contributed by atoms with Crippen molar-refractivity contribution >= 4 is 5.78 Å². The van der Waals surface area contributed by atoms with Crippen LogP contribution in [0.4, 0.5) is 8.78 Å². The third kappa shape index (κ3) is 2.83. The molecule has 1 N–H and O–H groups in total. The van der Waals surface area contributed by atoms with Crippen LogP contribution in [0, 0.1) is 17.6 Å². The Morgan fingerprint density at radius 2 is 1.67 bits per heavy atom. The second kappa shape index (κ2) is 4.49. The van der Waals surface area contributed by atoms with Crippen LogP contribution in [0.5, 0.6) is 0 Å². The van der Waals surface area contributed by atoms with Crippen LogP contribution in [0.15, 0.2) is 18.2 Å². The van der Waals surface area contributed by atoms with E-state index in [1.807, 2.05) is 0 Å². The first-order valence-corrected chi connectivity index (χ1v) is 4.59. The van der Waals surface area contributed by atoms with Crippen LogP contribution in [0.3, 0.4) is 0 Å². The third-order valence-electron chi connectivity index (χ3n) is 2.04. The van der Waals surface area contributed by atoms with Gasteiger partial charge in [-0.25, -0.2) is 8.78 Å². The lowest BCUT2D eigenvalue weighted by molar-refractivity contribution is -0.130. The van der Waals surface area contributed by atoms with E-state index < -0.39 is 23.5 Å². The lowest BCUT2D eigenvalue weighted by Gasteiger charge is -2.12. The first-order chi connectivity index (χ1) is 6.91. The fraction of sp³-hybridized carbons (Fsp3) is 0.364. The SMILES string of the molecule is CC(C)C(=O)[C@@H](O)c1cc(F)cc(F)c1. The summed E-state index contributed by atoms with van der Waals surface area (Å²) < 4.78 is 25.6. The number of hydrogen-bond acceptors (Lipinski definition) is 2. The van der Waals surface area contributed by atoms with E-state index >= 15 is 0 Å². The summed E-state index contributed by atoms with van der Waals surface area (Å²) in [5, 5.41) is 9.53. The number of rotatable bonds is 3. The summed E-state index contributed by atoms with van der Waals surface area (Å²) in [6, 6.07) is 2.60. The zero-order valence-corrected chi connectivity index (χ0v) is 8.50. The molecule has 0 aliphatic rings. The molecule has 0 aromatic heterocycles. The number of Topliss-reactive ketones (excluding diaryl/α,β-unsaturated/α-hetero) is 1. The molecule has 0 saturated heterocycles. The molecule has 4 heteroatoms. The van der Waals surface area contributed by atoms with E-state index in [1.54, 1.807) is 13.8 Å². The number of carbonyl (C=O) groups excluding carboxylic acids is 1. The molecule has 0 aliphatic carbocycles. The molecule has 1 aromatic carbocycles. The molecule has 15 heavy (non-hydrogen) atoms. The molecule has 0 bridgehead atoms. The zero-order valence-electron chi connectivity index (χ0n) is 8.50. The van der Waals surface area contributed by atoms with Gasteiger partial charge in [-0.3, -0.25) is 4.79 Å². The van der Waals surface area contributed by atoms with Gasteiger partial charge in [0, 0.05) is 12.0 Å². The van der Waals surface area contributed by atoms with Crippen molar-refractivity contribution in [1.29, 1.82) is 0 Å². The minimum Gasteiger partial charge on any atom is -0.381 e. The summed E-state index contributed by atoms with van der Waals surface area (Å²) >= 11 is 0. The van der Waals surface area contributed by atoms with Gasteiger partial charge in [0.15, 0.2) is 5.78 Å². The number of aliphatic hydroxyl groups is 1. The standard InChI is InChI=1S/C11H12F2O2/c1-6(2)10(14)11(15)7-3-8(12)5-9(13)4-7/h3-6,11,15H,1-2H3/t11-/m0/s1. The number of benzene rings is 1. The lowest BCUT2D eigenvalue weighted by atomic mass is 9.98. The van der Waals surface area contributed by atoms with E-state index in [1.165, 1.54) is 0 Å². The van der Waals surface area contributed by atoms with Gasteiger partial charge in [-0.05, 0) is 17.7 Å². The van der Waals surface area contributed by atoms with Crippen LogP contribution in [0.1, 0.15) is 25.5 Å². The maximum atomic E-state index is 12.8. The predicted octanol–water partition coefficient (Wildman–Crippen LogP) is 2.22. The molecule has 1 atom stereocenters. The highest BCUT2D eigenvalue weighted by atomic mass is 19.1. The van der Waals surface area contributed by atoms with E-state index in [0.29, 0.717) is 6.07 Å². The largest absolute Gasteiger partial charge is 0.381 e. The van der Waals surface area contributed by atoms with Gasteiger partial charge in [-0.1, -0.05) is 13.8 Å². The number of halogens is 2. The summed E-state index contributed by atoms with van der Waals surface area (Å²) in [6.07, 6.45) is -1.46. The smallest absolute Gasteiger partial charge is 0.168 e. The van der Waals surface area contributed by atoms with Crippen molar-refractivity contribution < 1.29 is 18.7 Å². The van der Waals surface area contributed by atoms with E-state index in [4.69, 9.17) is 0 Å². The van der Waals surface area contributed by atoms with Crippen LogP contribution >= 0.6 is 0 Å². The minimum absolute atomic E-state index is 0.0498. The number of hydrogen-bond donors (Lipinski definition) is 1. The van der Waals surface area contributed by atoms with Crippen LogP contribution in [-0.2, 0) is 4.79 Å². The van der Waals surface area contributed by atoms with Crippen molar-refractivity contribution in [2.24, 2.45) is 5.92 Å². The monoisotopic (exact) mass is 214 g/mol. The van der Waals surface area contributed by atoms with Crippen molar-refractivity contribution in [3.63, 3.8) is 0 Å². The molecule has 82 valence electrons. The average molecular weight is 214 g/mol. The van der Waals surface area contributed by atoms with Crippen LogP contribution < -0.4 is 0 Å². The Hall–Kier alpha value is -1.29. The normalized spacial score (nSPS) is 12.9. The van der Waals surface area contributed by atoms with E-state index in [2.05, 4.69) is 0 Å². The molecule has 0 spiro atoms. The highest BCUT2D eigenvalue weighted by molar-refractivity contribution is 5.85. The topological polar surface area (TPSA) is 37.3 Å². The Morgan fingerprint density at radius 1 is 1.20 bits per heavy atom. The first kappa shape index (κ1) is 11.8. The Kier molecular flexibility index (Phi) is 3.52. The molecule has 0 fully saturated rings. The van der Waals surface area contributed by atoms with Crippen molar-refractivity contribution in [2.45, 2.75) is 20.0 Å². The predicted molar refractivity (Wildman–Crippen MR) is 51.2 cm³/mol. The van der Waals surface area contributed by atoms with Crippen molar-refractivity contribution in [1.82, 2.24) is 0 Å². The minimum atomic E-state index is -1.46. The summed E-state index contributed by atoms with van der Waals surface area (Å²) in [5.41, 5.74) is -0.0498. The summed E-state index contributed by atoms with van der Waals surface area (Å²) in [7, 11) is 0. The summed E-state index contributed by atoms with van der Waals surface area (Å²) in [4.78, 5) is 11.4. The molecule has 1 aromatic rings. The zero-order chi connectivity index (χ0) is 11.6. The van der Waals surface area contributed by atoms with Gasteiger partial charge in [0.2, 0.25) is 0 Å². The average Bonchev–Trinajstić information content (AvgIpc) is 2.13. The molecule has 0 amide bonds. The fourth-order valence-corrected chi connectivity index (χ4v) is 1.21. The molecule has 2 nitrogen and oxygen atoms in total. The van der Waals surface area contributed by atoms with E-state index in [0.717, 1.165) is 12.1 Å². The molecule has 1 rings (SSSR count). The van der Waals surface area contributed by atoms with Crippen LogP contribution in [-0.4, -0.2) is 10.9 Å². The molecule has 0 heterocycles. The molecular weight excluding hydrogens is 202 g/mol. The quantitative estimate of drug-likeness (QED) is 0.837. The van der Waals surface area contributed by atoms with Gasteiger partial charge in [0.25, 0.3) is 0 Å². The maximum Gasteiger partial charge on any atom is 0.168 e. The van der Waals surface area contributed by atoms with Crippen molar-refractivity contribution in [2.75, 3.05) is 0 Å². The Labute approximate surface area is 86.5 Å². The lowest BCUT2D eigenvalue weighted by Crippen LogP contribution is -2.17. The molecule has 0 unspecified atom stereocenters. The summed E-state index contributed by atoms with van der Waals surface area (Å²) in [5.74, 6) is -2.45. The Bertz CT molecular complexity index is 355. The fourth-order valence-electron chi connectivity index (χ4n) is 1.21. The van der Waals surface area contributed by atoms with Crippen LogP contribution in [0.2, 0.25) is 0 Å². The van der Waals surface area contributed by atoms with Crippen molar-refractivity contribution in [3.05, 3.63) is 35.4 Å². The van der Waals surface area contributed by atoms with E-state index in [-0.39, 0.29) is 11.5 Å². The Morgan fingerprint density at radius 3 is 2.07 bits per heavy atom. The van der Waals surface area contributed by atoms with Gasteiger partial charge in [-0.15, -0.1) is 0 Å². The van der Waals surface area contributed by atoms with Gasteiger partial charge < -0.3 is 5.11 Å². The number of aliphatic hydroxyl groups excluding tert-OH is 1. The van der Waals surface area contributed by atoms with Crippen molar-refractivity contribution in [3.8, 4) is 0 Å². The second-order valence-corrected chi connectivity index (χ2v) is 3.66. The number of ketones is 1. The van der Waals surface area contributed by atoms with E-state index in [9.17, 15) is 18.7 Å². The molecular formula is C11H12F2O2.